The Hall–Kier alpha value is -3.03. The Morgan fingerprint density at radius 1 is 0.854 bits per heavy atom. The lowest BCUT2D eigenvalue weighted by Crippen LogP contribution is -2.50. The molecule has 3 aromatic rings. The Balaban J connectivity index is 1.24. The average molecular weight is 558 g/mol. The van der Waals surface area contributed by atoms with Gasteiger partial charge in [0.1, 0.15) is 12.3 Å². The van der Waals surface area contributed by atoms with Crippen LogP contribution < -0.4 is 5.56 Å². The van der Waals surface area contributed by atoms with Gasteiger partial charge in [0.05, 0.1) is 23.6 Å². The molecule has 41 heavy (non-hydrogen) atoms. The first-order valence-electron chi connectivity index (χ1n) is 15.7. The first-order chi connectivity index (χ1) is 20.1. The second-order valence-corrected chi connectivity index (χ2v) is 12.4. The number of ether oxygens (including phenoxy) is 1. The molecule has 0 amide bonds. The highest BCUT2D eigenvalue weighted by Gasteiger charge is 2.44. The second kappa shape index (κ2) is 12.9. The standard InChI is InChI=1S/C34H43N3O4/c38-22-25(34(40)41-23-24-11-5-4-6-12-24)19-31-33(39)37(32-16-10-9-15-30(32)35-31)29-20-27-17-18-28(21-29)36(27)26-13-7-2-1-3-8-14-26/h4-6,9-12,15-16,25-29,38H,1-3,7-8,13-14,17-23H2/t25-,27-,28+,29?/m0/s1. The van der Waals surface area contributed by atoms with Gasteiger partial charge in [0.15, 0.2) is 0 Å². The molecule has 1 N–H and O–H groups in total. The Morgan fingerprint density at radius 3 is 2.22 bits per heavy atom. The molecule has 218 valence electrons. The molecule has 7 nitrogen and oxygen atoms in total. The summed E-state index contributed by atoms with van der Waals surface area (Å²) in [5.41, 5.74) is 2.68. The van der Waals surface area contributed by atoms with Crippen LogP contribution in [0.5, 0.6) is 0 Å². The van der Waals surface area contributed by atoms with Gasteiger partial charge >= 0.3 is 5.97 Å². The topological polar surface area (TPSA) is 84.7 Å². The third-order valence-electron chi connectivity index (χ3n) is 9.71. The Morgan fingerprint density at radius 2 is 1.51 bits per heavy atom. The minimum Gasteiger partial charge on any atom is -0.461 e. The van der Waals surface area contributed by atoms with Crippen LogP contribution in [0, 0.1) is 5.92 Å². The lowest BCUT2D eigenvalue weighted by molar-refractivity contribution is -0.151. The van der Waals surface area contributed by atoms with Crippen molar-refractivity contribution in [3.05, 3.63) is 76.2 Å². The number of aliphatic hydroxyl groups excluding tert-OH is 1. The number of piperidine rings is 1. The molecule has 6 rings (SSSR count). The van der Waals surface area contributed by atoms with E-state index in [1.807, 2.05) is 59.2 Å². The fraction of sp³-hybridized carbons (Fsp3) is 0.559. The molecule has 1 aliphatic carbocycles. The van der Waals surface area contributed by atoms with Crippen molar-refractivity contribution >= 4 is 17.0 Å². The van der Waals surface area contributed by atoms with E-state index in [9.17, 15) is 14.7 Å². The van der Waals surface area contributed by atoms with Gasteiger partial charge in [-0.05, 0) is 56.2 Å². The molecule has 0 spiro atoms. The summed E-state index contributed by atoms with van der Waals surface area (Å²) in [4.78, 5) is 34.6. The number of hydrogen-bond acceptors (Lipinski definition) is 6. The molecule has 2 bridgehead atoms. The third kappa shape index (κ3) is 6.12. The van der Waals surface area contributed by atoms with E-state index in [-0.39, 0.29) is 24.6 Å². The van der Waals surface area contributed by atoms with Crippen molar-refractivity contribution in [3.63, 3.8) is 0 Å². The van der Waals surface area contributed by atoms with E-state index >= 15 is 0 Å². The molecule has 3 heterocycles. The van der Waals surface area contributed by atoms with E-state index in [0.29, 0.717) is 23.8 Å². The number of aliphatic hydroxyl groups is 1. The highest BCUT2D eigenvalue weighted by Crippen LogP contribution is 2.44. The van der Waals surface area contributed by atoms with Crippen LogP contribution in [0.15, 0.2) is 59.4 Å². The van der Waals surface area contributed by atoms with Crippen LogP contribution in [0.1, 0.15) is 87.9 Å². The zero-order chi connectivity index (χ0) is 28.2. The van der Waals surface area contributed by atoms with Gasteiger partial charge in [-0.15, -0.1) is 0 Å². The van der Waals surface area contributed by atoms with E-state index in [1.54, 1.807) is 0 Å². The van der Waals surface area contributed by atoms with Crippen molar-refractivity contribution in [3.8, 4) is 0 Å². The third-order valence-corrected chi connectivity index (χ3v) is 9.71. The molecular weight excluding hydrogens is 514 g/mol. The lowest BCUT2D eigenvalue weighted by atomic mass is 9.89. The van der Waals surface area contributed by atoms with Gasteiger partial charge in [0, 0.05) is 30.6 Å². The number of carbonyl (C=O) groups excluding carboxylic acids is 1. The van der Waals surface area contributed by atoms with Gasteiger partial charge < -0.3 is 14.4 Å². The summed E-state index contributed by atoms with van der Waals surface area (Å²) in [5.74, 6) is -1.35. The number of benzene rings is 2. The summed E-state index contributed by atoms with van der Waals surface area (Å²) in [6.07, 6.45) is 13.8. The number of aromatic nitrogens is 2. The van der Waals surface area contributed by atoms with Crippen molar-refractivity contribution < 1.29 is 14.6 Å². The summed E-state index contributed by atoms with van der Waals surface area (Å²) < 4.78 is 7.48. The van der Waals surface area contributed by atoms with Crippen molar-refractivity contribution in [2.24, 2.45) is 5.92 Å². The monoisotopic (exact) mass is 557 g/mol. The van der Waals surface area contributed by atoms with Crippen molar-refractivity contribution in [2.75, 3.05) is 6.61 Å². The molecule has 7 heteroatoms. The maximum absolute atomic E-state index is 14.1. The highest BCUT2D eigenvalue weighted by molar-refractivity contribution is 5.75. The summed E-state index contributed by atoms with van der Waals surface area (Å²) in [6, 6.07) is 19.1. The van der Waals surface area contributed by atoms with Crippen molar-refractivity contribution in [1.82, 2.24) is 14.5 Å². The quantitative estimate of drug-likeness (QED) is 0.365. The molecular formula is C34H43N3O4. The summed E-state index contributed by atoms with van der Waals surface area (Å²) >= 11 is 0. The fourth-order valence-corrected chi connectivity index (χ4v) is 7.73. The van der Waals surface area contributed by atoms with Gasteiger partial charge in [0.25, 0.3) is 5.56 Å². The predicted molar refractivity (Wildman–Crippen MR) is 160 cm³/mol. The molecule has 4 atom stereocenters. The zero-order valence-corrected chi connectivity index (χ0v) is 24.0. The normalized spacial score (nSPS) is 24.6. The first kappa shape index (κ1) is 28.1. The van der Waals surface area contributed by atoms with Crippen LogP contribution in [-0.2, 0) is 22.6 Å². The molecule has 3 fully saturated rings. The summed E-state index contributed by atoms with van der Waals surface area (Å²) in [7, 11) is 0. The maximum atomic E-state index is 14.1. The smallest absolute Gasteiger partial charge is 0.312 e. The van der Waals surface area contributed by atoms with Crippen LogP contribution in [0.25, 0.3) is 11.0 Å². The molecule has 2 aliphatic heterocycles. The van der Waals surface area contributed by atoms with E-state index in [2.05, 4.69) is 4.90 Å². The minimum atomic E-state index is -0.842. The largest absolute Gasteiger partial charge is 0.461 e. The molecule has 1 saturated carbocycles. The SMILES string of the molecule is O=C(OCc1ccccc1)[C@H](CO)Cc1nc2ccccc2n(C2C[C@H]3CC[C@@H](C2)N3C2CCCCCCC2)c1=O. The van der Waals surface area contributed by atoms with Crippen molar-refractivity contribution in [2.45, 2.75) is 108 Å². The zero-order valence-electron chi connectivity index (χ0n) is 24.0. The molecule has 2 saturated heterocycles. The maximum Gasteiger partial charge on any atom is 0.312 e. The van der Waals surface area contributed by atoms with E-state index in [0.717, 1.165) is 29.4 Å². The fourth-order valence-electron chi connectivity index (χ4n) is 7.73. The van der Waals surface area contributed by atoms with Crippen molar-refractivity contribution in [1.29, 1.82) is 0 Å². The van der Waals surface area contributed by atoms with Gasteiger partial charge in [-0.3, -0.25) is 14.5 Å². The Bertz CT molecular complexity index is 1370. The number of nitrogens with zero attached hydrogens (tertiary/aromatic N) is 3. The average Bonchev–Trinajstić information content (AvgIpc) is 3.23. The van der Waals surface area contributed by atoms with E-state index in [4.69, 9.17) is 9.72 Å². The number of rotatable bonds is 8. The van der Waals surface area contributed by atoms with Gasteiger partial charge in [0.2, 0.25) is 0 Å². The number of fused-ring (bicyclic) bond motifs is 3. The number of para-hydroxylation sites is 2. The van der Waals surface area contributed by atoms with Gasteiger partial charge in [-0.25, -0.2) is 4.98 Å². The molecule has 2 aromatic carbocycles. The van der Waals surface area contributed by atoms with E-state index in [1.165, 1.54) is 57.8 Å². The molecule has 3 aliphatic rings. The number of esters is 1. The van der Waals surface area contributed by atoms with E-state index < -0.39 is 18.5 Å². The number of hydrogen-bond donors (Lipinski definition) is 1. The minimum absolute atomic E-state index is 0.0571. The summed E-state index contributed by atoms with van der Waals surface area (Å²) in [5, 5.41) is 10.1. The Labute approximate surface area is 242 Å². The predicted octanol–water partition coefficient (Wildman–Crippen LogP) is 5.57. The lowest BCUT2D eigenvalue weighted by Gasteiger charge is -2.45. The molecule has 1 unspecified atom stereocenters. The number of carbonyl (C=O) groups is 1. The molecule has 0 radical (unpaired) electrons. The Kier molecular flexibility index (Phi) is 8.82. The van der Waals surface area contributed by atoms with Gasteiger partial charge in [-0.2, -0.15) is 0 Å². The van der Waals surface area contributed by atoms with Crippen LogP contribution in [0.4, 0.5) is 0 Å². The first-order valence-corrected chi connectivity index (χ1v) is 15.7. The van der Waals surface area contributed by atoms with Crippen LogP contribution >= 0.6 is 0 Å². The highest BCUT2D eigenvalue weighted by atomic mass is 16.5. The van der Waals surface area contributed by atoms with Crippen LogP contribution in [0.2, 0.25) is 0 Å². The summed E-state index contributed by atoms with van der Waals surface area (Å²) in [6.45, 7) is -0.264. The molecule has 1 aromatic heterocycles. The van der Waals surface area contributed by atoms with Gasteiger partial charge in [-0.1, -0.05) is 74.6 Å². The van der Waals surface area contributed by atoms with Crippen LogP contribution in [-0.4, -0.2) is 50.3 Å². The van der Waals surface area contributed by atoms with Crippen LogP contribution in [0.3, 0.4) is 0 Å². The second-order valence-electron chi connectivity index (χ2n) is 12.4.